The van der Waals surface area contributed by atoms with E-state index < -0.39 is 11.7 Å². The lowest BCUT2D eigenvalue weighted by atomic mass is 9.43. The van der Waals surface area contributed by atoms with Crippen molar-refractivity contribution >= 4 is 5.97 Å². The van der Waals surface area contributed by atoms with Crippen molar-refractivity contribution in [2.24, 2.45) is 34.0 Å². The molecule has 128 valence electrons. The molecule has 4 heteroatoms. The van der Waals surface area contributed by atoms with Crippen LogP contribution in [0.25, 0.3) is 0 Å². The number of epoxide rings is 1. The molecule has 5 aliphatic rings. The van der Waals surface area contributed by atoms with E-state index in [1.807, 2.05) is 13.8 Å². The summed E-state index contributed by atoms with van der Waals surface area (Å²) >= 11 is 0. The van der Waals surface area contributed by atoms with Gasteiger partial charge in [0.25, 0.3) is 0 Å². The molecule has 0 radical (unpaired) electrons. The highest BCUT2D eigenvalue weighted by Gasteiger charge is 2.80. The van der Waals surface area contributed by atoms with Gasteiger partial charge in [0.1, 0.15) is 0 Å². The molecule has 0 aromatic carbocycles. The Kier molecular flexibility index (Phi) is 2.43. The Morgan fingerprint density at radius 1 is 1.09 bits per heavy atom. The molecule has 23 heavy (non-hydrogen) atoms. The first kappa shape index (κ1) is 14.7. The van der Waals surface area contributed by atoms with E-state index in [1.165, 1.54) is 12.8 Å². The Labute approximate surface area is 137 Å². The summed E-state index contributed by atoms with van der Waals surface area (Å²) in [6, 6.07) is 0. The number of fused-ring (bicyclic) bond motifs is 5. The summed E-state index contributed by atoms with van der Waals surface area (Å²) in [5, 5.41) is 10.8. The second kappa shape index (κ2) is 3.80. The normalized spacial score (nSPS) is 62.0. The predicted octanol–water partition coefficient (Wildman–Crippen LogP) is 2.88. The number of hydrogen-bond donors (Lipinski definition) is 1. The first-order valence-electron chi connectivity index (χ1n) is 9.24. The maximum Gasteiger partial charge on any atom is 0.314 e. The Balaban J connectivity index is 1.62. The maximum atomic E-state index is 12.4. The van der Waals surface area contributed by atoms with Crippen LogP contribution in [0.15, 0.2) is 0 Å². The van der Waals surface area contributed by atoms with E-state index >= 15 is 0 Å². The van der Waals surface area contributed by atoms with Gasteiger partial charge in [-0.1, -0.05) is 6.92 Å². The molecule has 0 aromatic heterocycles. The Morgan fingerprint density at radius 2 is 1.83 bits per heavy atom. The van der Waals surface area contributed by atoms with Crippen molar-refractivity contribution in [1.29, 1.82) is 0 Å². The van der Waals surface area contributed by atoms with Gasteiger partial charge in [0, 0.05) is 10.8 Å². The fraction of sp³-hybridized carbons (Fsp3) is 0.947. The number of rotatable bonds is 0. The van der Waals surface area contributed by atoms with Crippen LogP contribution in [0.3, 0.4) is 0 Å². The van der Waals surface area contributed by atoms with Gasteiger partial charge in [-0.05, 0) is 70.6 Å². The molecule has 2 bridgehead atoms. The number of aliphatic hydroxyl groups excluding tert-OH is 1. The van der Waals surface area contributed by atoms with E-state index in [9.17, 15) is 9.90 Å². The van der Waals surface area contributed by atoms with Gasteiger partial charge in [0.15, 0.2) is 0 Å². The van der Waals surface area contributed by atoms with Gasteiger partial charge >= 0.3 is 5.97 Å². The van der Waals surface area contributed by atoms with E-state index in [1.54, 1.807) is 0 Å². The van der Waals surface area contributed by atoms with Crippen molar-refractivity contribution in [3.8, 4) is 0 Å². The minimum absolute atomic E-state index is 0.0871. The van der Waals surface area contributed by atoms with Gasteiger partial charge in [-0.3, -0.25) is 4.79 Å². The van der Waals surface area contributed by atoms with Crippen LogP contribution in [0.5, 0.6) is 0 Å². The van der Waals surface area contributed by atoms with Crippen molar-refractivity contribution in [2.45, 2.75) is 77.8 Å². The molecule has 2 heterocycles. The molecule has 2 saturated heterocycles. The van der Waals surface area contributed by atoms with Gasteiger partial charge in [-0.25, -0.2) is 0 Å². The largest absolute Gasteiger partial charge is 0.435 e. The SMILES string of the molecule is CC1(C)C(=O)OC(O)C2(C)C1CCC13CC(CCC12)C1(C)OC31. The maximum absolute atomic E-state index is 12.4. The van der Waals surface area contributed by atoms with Crippen LogP contribution in [0.1, 0.15) is 59.8 Å². The van der Waals surface area contributed by atoms with E-state index in [2.05, 4.69) is 13.8 Å². The van der Waals surface area contributed by atoms with Crippen molar-refractivity contribution in [3.05, 3.63) is 0 Å². The molecule has 8 atom stereocenters. The first-order valence-corrected chi connectivity index (χ1v) is 9.24. The Bertz CT molecular complexity index is 600. The molecule has 2 aliphatic heterocycles. The summed E-state index contributed by atoms with van der Waals surface area (Å²) in [6.07, 6.45) is 5.08. The third-order valence-corrected chi connectivity index (χ3v) is 8.84. The van der Waals surface area contributed by atoms with Crippen molar-refractivity contribution < 1.29 is 19.4 Å². The van der Waals surface area contributed by atoms with Crippen LogP contribution in [0.2, 0.25) is 0 Å². The van der Waals surface area contributed by atoms with Crippen LogP contribution < -0.4 is 0 Å². The van der Waals surface area contributed by atoms with Crippen LogP contribution in [0, 0.1) is 34.0 Å². The zero-order valence-corrected chi connectivity index (χ0v) is 14.6. The monoisotopic (exact) mass is 320 g/mol. The third-order valence-electron chi connectivity index (χ3n) is 8.84. The van der Waals surface area contributed by atoms with Crippen LogP contribution in [-0.4, -0.2) is 29.1 Å². The van der Waals surface area contributed by atoms with Crippen molar-refractivity contribution in [3.63, 3.8) is 0 Å². The number of esters is 1. The molecule has 3 aliphatic carbocycles. The van der Waals surface area contributed by atoms with Gasteiger partial charge in [-0.2, -0.15) is 0 Å². The van der Waals surface area contributed by atoms with E-state index in [0.29, 0.717) is 17.9 Å². The quantitative estimate of drug-likeness (QED) is 0.551. The third kappa shape index (κ3) is 1.38. The van der Waals surface area contributed by atoms with Crippen LogP contribution in [0.4, 0.5) is 0 Å². The summed E-state index contributed by atoms with van der Waals surface area (Å²) in [5.74, 6) is 1.02. The van der Waals surface area contributed by atoms with E-state index in [0.717, 1.165) is 19.3 Å². The smallest absolute Gasteiger partial charge is 0.314 e. The lowest BCUT2D eigenvalue weighted by molar-refractivity contribution is -0.287. The predicted molar refractivity (Wildman–Crippen MR) is 83.3 cm³/mol. The zero-order chi connectivity index (χ0) is 16.4. The molecule has 0 aromatic rings. The highest BCUT2D eigenvalue weighted by molar-refractivity contribution is 5.77. The number of aliphatic hydroxyl groups is 1. The molecule has 1 N–H and O–H groups in total. The molecule has 8 unspecified atom stereocenters. The molecule has 5 rings (SSSR count). The van der Waals surface area contributed by atoms with Gasteiger partial charge in [0.05, 0.1) is 17.1 Å². The molecule has 3 saturated carbocycles. The molecule has 4 nitrogen and oxygen atoms in total. The number of hydrogen-bond acceptors (Lipinski definition) is 4. The summed E-state index contributed by atoms with van der Waals surface area (Å²) in [6.45, 7) is 8.47. The van der Waals surface area contributed by atoms with Crippen LogP contribution in [-0.2, 0) is 14.3 Å². The molecule has 0 amide bonds. The summed E-state index contributed by atoms with van der Waals surface area (Å²) < 4.78 is 11.7. The lowest BCUT2D eigenvalue weighted by Crippen LogP contribution is -2.65. The molecular weight excluding hydrogens is 292 g/mol. The van der Waals surface area contributed by atoms with E-state index in [4.69, 9.17) is 9.47 Å². The topological polar surface area (TPSA) is 59.1 Å². The van der Waals surface area contributed by atoms with Gasteiger partial charge in [-0.15, -0.1) is 0 Å². The summed E-state index contributed by atoms with van der Waals surface area (Å²) in [7, 11) is 0. The average Bonchev–Trinajstić information content (AvgIpc) is 3.15. The van der Waals surface area contributed by atoms with Crippen molar-refractivity contribution in [1.82, 2.24) is 0 Å². The molecule has 1 spiro atoms. The fourth-order valence-corrected chi connectivity index (χ4v) is 7.67. The summed E-state index contributed by atoms with van der Waals surface area (Å²) in [5.41, 5.74) is -0.579. The second-order valence-corrected chi connectivity index (χ2v) is 9.88. The second-order valence-electron chi connectivity index (χ2n) is 9.88. The minimum Gasteiger partial charge on any atom is -0.435 e. The molecular formula is C19H28O4. The number of carbonyl (C=O) groups is 1. The fourth-order valence-electron chi connectivity index (χ4n) is 7.67. The van der Waals surface area contributed by atoms with E-state index in [-0.39, 0.29) is 28.3 Å². The molecule has 5 fully saturated rings. The first-order chi connectivity index (χ1) is 10.7. The number of carbonyl (C=O) groups excluding carboxylic acids is 1. The standard InChI is InChI=1S/C19H28O4/c1-16(2)11-7-8-19-9-10(18(4)13(19)23-18)5-6-12(19)17(11,3)15(21)22-14(16)20/h10-13,15,21H,5-9H2,1-4H3. The zero-order valence-electron chi connectivity index (χ0n) is 14.6. The highest BCUT2D eigenvalue weighted by Crippen LogP contribution is 2.77. The number of cyclic esters (lactones) is 1. The number of ether oxygens (including phenoxy) is 2. The highest BCUT2D eigenvalue weighted by atomic mass is 16.6. The minimum atomic E-state index is -0.975. The Morgan fingerprint density at radius 3 is 2.57 bits per heavy atom. The van der Waals surface area contributed by atoms with Crippen LogP contribution >= 0.6 is 0 Å². The van der Waals surface area contributed by atoms with Gasteiger partial charge < -0.3 is 14.6 Å². The average molecular weight is 320 g/mol. The van der Waals surface area contributed by atoms with Gasteiger partial charge in [0.2, 0.25) is 6.29 Å². The lowest BCUT2D eigenvalue weighted by Gasteiger charge is -2.63. The summed E-state index contributed by atoms with van der Waals surface area (Å²) in [4.78, 5) is 12.4. The van der Waals surface area contributed by atoms with Crippen molar-refractivity contribution in [2.75, 3.05) is 0 Å². The Hall–Kier alpha value is -0.610.